The number of hydrogen-bond donors (Lipinski definition) is 1. The molecule has 1 unspecified atom stereocenters. The van der Waals surface area contributed by atoms with Crippen molar-refractivity contribution in [2.45, 2.75) is 31.2 Å². The third kappa shape index (κ3) is 3.82. The van der Waals surface area contributed by atoms with Crippen LogP contribution in [0.1, 0.15) is 24.6 Å². The molecule has 0 bridgehead atoms. The Balaban J connectivity index is 1.84. The van der Waals surface area contributed by atoms with Crippen LogP contribution in [0.2, 0.25) is 0 Å². The van der Waals surface area contributed by atoms with Gasteiger partial charge in [-0.3, -0.25) is 9.19 Å². The molecule has 0 aliphatic rings. The molecule has 0 fully saturated rings. The fourth-order valence-corrected chi connectivity index (χ4v) is 3.28. The van der Waals surface area contributed by atoms with Crippen LogP contribution in [0, 0.1) is 0 Å². The Morgan fingerprint density at radius 3 is 2.54 bits per heavy atom. The molecule has 2 aromatic carbocycles. The number of hydrogen-bond acceptors (Lipinski definition) is 3. The van der Waals surface area contributed by atoms with Crippen LogP contribution >= 0.6 is 0 Å². The van der Waals surface area contributed by atoms with Gasteiger partial charge in [-0.05, 0) is 36.2 Å². The van der Waals surface area contributed by atoms with E-state index in [9.17, 15) is 4.21 Å². The molecule has 3 rings (SSSR count). The molecular formula is C20H22N2OS. The van der Waals surface area contributed by atoms with Crippen molar-refractivity contribution in [1.82, 2.24) is 4.98 Å². The number of para-hydroxylation sites is 1. The molecule has 24 heavy (non-hydrogen) atoms. The number of benzene rings is 2. The first-order valence-electron chi connectivity index (χ1n) is 8.22. The van der Waals surface area contributed by atoms with Crippen molar-refractivity contribution in [3.63, 3.8) is 0 Å². The highest BCUT2D eigenvalue weighted by Crippen LogP contribution is 2.24. The molecule has 0 radical (unpaired) electrons. The zero-order valence-corrected chi connectivity index (χ0v) is 14.9. The summed E-state index contributed by atoms with van der Waals surface area (Å²) in [6.07, 6.45) is 3.77. The molecule has 0 spiro atoms. The van der Waals surface area contributed by atoms with E-state index in [1.165, 1.54) is 5.56 Å². The van der Waals surface area contributed by atoms with Crippen LogP contribution in [0.4, 0.5) is 5.69 Å². The van der Waals surface area contributed by atoms with Gasteiger partial charge >= 0.3 is 0 Å². The van der Waals surface area contributed by atoms with E-state index < -0.39 is 10.8 Å². The minimum absolute atomic E-state index is 0.732. The van der Waals surface area contributed by atoms with Gasteiger partial charge in [0.05, 0.1) is 5.52 Å². The van der Waals surface area contributed by atoms with Crippen molar-refractivity contribution in [1.29, 1.82) is 0 Å². The summed E-state index contributed by atoms with van der Waals surface area (Å²) in [4.78, 5) is 5.60. The van der Waals surface area contributed by atoms with Crippen molar-refractivity contribution in [2.24, 2.45) is 0 Å². The minimum atomic E-state index is -0.930. The molecule has 1 heterocycles. The van der Waals surface area contributed by atoms with Crippen LogP contribution in [-0.4, -0.2) is 15.4 Å². The average molecular weight is 338 g/mol. The van der Waals surface area contributed by atoms with E-state index in [4.69, 9.17) is 4.98 Å². The summed E-state index contributed by atoms with van der Waals surface area (Å²) in [5.74, 6) is 0. The van der Waals surface area contributed by atoms with E-state index in [-0.39, 0.29) is 0 Å². The minimum Gasteiger partial charge on any atom is -0.380 e. The maximum Gasteiger partial charge on any atom is 0.0726 e. The van der Waals surface area contributed by atoms with Gasteiger partial charge in [0.2, 0.25) is 0 Å². The van der Waals surface area contributed by atoms with Gasteiger partial charge in [-0.1, -0.05) is 43.7 Å². The van der Waals surface area contributed by atoms with Crippen LogP contribution in [0.15, 0.2) is 59.5 Å². The van der Waals surface area contributed by atoms with Crippen LogP contribution in [-0.2, 0) is 23.8 Å². The van der Waals surface area contributed by atoms with Gasteiger partial charge in [0, 0.05) is 45.3 Å². The van der Waals surface area contributed by atoms with Crippen LogP contribution in [0.25, 0.3) is 10.9 Å². The summed E-state index contributed by atoms with van der Waals surface area (Å²) in [5.41, 5.74) is 4.44. The van der Waals surface area contributed by atoms with Crippen LogP contribution in [0.3, 0.4) is 0 Å². The van der Waals surface area contributed by atoms with Gasteiger partial charge in [0.15, 0.2) is 0 Å². The molecular weight excluding hydrogens is 316 g/mol. The monoisotopic (exact) mass is 338 g/mol. The van der Waals surface area contributed by atoms with Gasteiger partial charge in [-0.2, -0.15) is 0 Å². The van der Waals surface area contributed by atoms with Crippen LogP contribution in [0.5, 0.6) is 0 Å². The first-order chi connectivity index (χ1) is 11.7. The molecule has 1 aromatic heterocycles. The number of aryl methyl sites for hydroxylation is 1. The number of aromatic nitrogens is 1. The number of nitrogens with zero attached hydrogens (tertiary/aromatic N) is 1. The highest BCUT2D eigenvalue weighted by molar-refractivity contribution is 7.84. The SMILES string of the molecule is CCCc1cc(NCc2ccc(S(C)=O)cc2)c2ccccc2n1. The number of fused-ring (bicyclic) bond motifs is 1. The zero-order valence-electron chi connectivity index (χ0n) is 14.1. The van der Waals surface area contributed by atoms with Gasteiger partial charge in [-0.25, -0.2) is 0 Å². The molecule has 1 atom stereocenters. The fourth-order valence-electron chi connectivity index (χ4n) is 2.76. The van der Waals surface area contributed by atoms with Crippen molar-refractivity contribution >= 4 is 27.4 Å². The lowest BCUT2D eigenvalue weighted by atomic mass is 10.1. The summed E-state index contributed by atoms with van der Waals surface area (Å²) < 4.78 is 11.5. The molecule has 4 heteroatoms. The second kappa shape index (κ2) is 7.58. The van der Waals surface area contributed by atoms with Crippen LogP contribution < -0.4 is 5.32 Å². The zero-order chi connectivity index (χ0) is 16.9. The number of pyridine rings is 1. The number of nitrogens with one attached hydrogen (secondary N) is 1. The van der Waals surface area contributed by atoms with Crippen molar-refractivity contribution in [2.75, 3.05) is 11.6 Å². The van der Waals surface area contributed by atoms with E-state index in [2.05, 4.69) is 30.4 Å². The first-order valence-corrected chi connectivity index (χ1v) is 9.78. The maximum atomic E-state index is 11.5. The van der Waals surface area contributed by atoms with E-state index in [1.807, 2.05) is 36.4 Å². The number of rotatable bonds is 6. The second-order valence-electron chi connectivity index (χ2n) is 5.88. The Bertz CT molecular complexity index is 859. The third-order valence-electron chi connectivity index (χ3n) is 4.01. The molecule has 0 saturated carbocycles. The number of anilines is 1. The Kier molecular flexibility index (Phi) is 5.26. The van der Waals surface area contributed by atoms with Crippen molar-refractivity contribution in [3.8, 4) is 0 Å². The molecule has 0 amide bonds. The molecule has 3 nitrogen and oxygen atoms in total. The molecule has 0 saturated heterocycles. The van der Waals surface area contributed by atoms with Crippen molar-refractivity contribution < 1.29 is 4.21 Å². The summed E-state index contributed by atoms with van der Waals surface area (Å²) in [7, 11) is -0.930. The molecule has 0 aliphatic carbocycles. The lowest BCUT2D eigenvalue weighted by molar-refractivity contribution is 0.687. The van der Waals surface area contributed by atoms with E-state index in [0.29, 0.717) is 0 Å². The molecule has 1 N–H and O–H groups in total. The summed E-state index contributed by atoms with van der Waals surface area (Å²) in [6.45, 7) is 2.90. The predicted molar refractivity (Wildman–Crippen MR) is 102 cm³/mol. The fraction of sp³-hybridized carbons (Fsp3) is 0.250. The predicted octanol–water partition coefficient (Wildman–Crippen LogP) is 4.54. The smallest absolute Gasteiger partial charge is 0.0726 e. The molecule has 3 aromatic rings. The summed E-state index contributed by atoms with van der Waals surface area (Å²) in [5, 5.41) is 4.68. The van der Waals surface area contributed by atoms with E-state index in [0.717, 1.165) is 46.6 Å². The Labute approximate surface area is 145 Å². The van der Waals surface area contributed by atoms with Gasteiger partial charge < -0.3 is 5.32 Å². The standard InChI is InChI=1S/C20H22N2OS/c1-3-6-16-13-20(18-7-4-5-8-19(18)22-16)21-14-15-9-11-17(12-10-15)24(2)23/h4-5,7-13H,3,6,14H2,1-2H3,(H,21,22). The Morgan fingerprint density at radius 2 is 1.83 bits per heavy atom. The first kappa shape index (κ1) is 16.7. The maximum absolute atomic E-state index is 11.5. The Morgan fingerprint density at radius 1 is 1.08 bits per heavy atom. The quantitative estimate of drug-likeness (QED) is 0.717. The summed E-state index contributed by atoms with van der Waals surface area (Å²) in [6, 6.07) is 18.3. The highest BCUT2D eigenvalue weighted by Gasteiger charge is 2.05. The lowest BCUT2D eigenvalue weighted by Crippen LogP contribution is -2.02. The van der Waals surface area contributed by atoms with Gasteiger partial charge in [0.25, 0.3) is 0 Å². The molecule has 0 aliphatic heterocycles. The van der Waals surface area contributed by atoms with E-state index in [1.54, 1.807) is 6.26 Å². The third-order valence-corrected chi connectivity index (χ3v) is 4.95. The molecule has 124 valence electrons. The largest absolute Gasteiger partial charge is 0.380 e. The second-order valence-corrected chi connectivity index (χ2v) is 7.26. The topological polar surface area (TPSA) is 42.0 Å². The van der Waals surface area contributed by atoms with Gasteiger partial charge in [-0.15, -0.1) is 0 Å². The van der Waals surface area contributed by atoms with Crippen molar-refractivity contribution in [3.05, 3.63) is 65.9 Å². The Hall–Kier alpha value is -2.20. The average Bonchev–Trinajstić information content (AvgIpc) is 2.60. The highest BCUT2D eigenvalue weighted by atomic mass is 32.2. The van der Waals surface area contributed by atoms with Gasteiger partial charge in [0.1, 0.15) is 0 Å². The summed E-state index contributed by atoms with van der Waals surface area (Å²) >= 11 is 0. The normalized spacial score (nSPS) is 12.2. The lowest BCUT2D eigenvalue weighted by Gasteiger charge is -2.12. The van der Waals surface area contributed by atoms with E-state index >= 15 is 0 Å².